The first kappa shape index (κ1) is 15.6. The van der Waals surface area contributed by atoms with Gasteiger partial charge in [0, 0.05) is 25.8 Å². The van der Waals surface area contributed by atoms with Gasteiger partial charge in [-0.2, -0.15) is 5.10 Å². The Balaban J connectivity index is 1.78. The van der Waals surface area contributed by atoms with E-state index in [4.69, 9.17) is 4.99 Å². The molecule has 3 rings (SSSR count). The maximum absolute atomic E-state index is 4.86. The summed E-state index contributed by atoms with van der Waals surface area (Å²) in [5, 5.41) is 7.89. The summed E-state index contributed by atoms with van der Waals surface area (Å²) in [4.78, 5) is 7.22. The summed E-state index contributed by atoms with van der Waals surface area (Å²) in [7, 11) is 1.98. The van der Waals surface area contributed by atoms with Gasteiger partial charge in [0.15, 0.2) is 5.96 Å². The largest absolute Gasteiger partial charge is 0.343 e. The monoisotopic (exact) mass is 311 g/mol. The second-order valence-corrected chi connectivity index (χ2v) is 6.08. The van der Waals surface area contributed by atoms with Gasteiger partial charge in [-0.05, 0) is 44.4 Å². The van der Waals surface area contributed by atoms with E-state index in [9.17, 15) is 0 Å². The lowest BCUT2D eigenvalue weighted by atomic mass is 10.1. The fourth-order valence-electron chi connectivity index (χ4n) is 2.94. The molecule has 2 aromatic rings. The van der Waals surface area contributed by atoms with E-state index in [0.717, 1.165) is 36.1 Å². The van der Waals surface area contributed by atoms with Crippen molar-refractivity contribution in [1.82, 2.24) is 14.7 Å². The van der Waals surface area contributed by atoms with E-state index in [0.29, 0.717) is 6.54 Å². The van der Waals surface area contributed by atoms with Gasteiger partial charge >= 0.3 is 0 Å². The predicted octanol–water partition coefficient (Wildman–Crippen LogP) is 3.18. The van der Waals surface area contributed by atoms with Crippen molar-refractivity contribution < 1.29 is 0 Å². The Hall–Kier alpha value is -2.30. The van der Waals surface area contributed by atoms with Gasteiger partial charge in [-0.3, -0.25) is 4.68 Å². The number of nitrogens with one attached hydrogen (secondary N) is 1. The van der Waals surface area contributed by atoms with Crippen molar-refractivity contribution in [2.45, 2.75) is 32.7 Å². The fourth-order valence-corrected chi connectivity index (χ4v) is 2.94. The van der Waals surface area contributed by atoms with Crippen LogP contribution in [0.1, 0.15) is 30.7 Å². The number of hydrogen-bond acceptors (Lipinski definition) is 2. The first-order chi connectivity index (χ1) is 11.2. The molecule has 5 nitrogen and oxygen atoms in total. The standard InChI is InChI=1S/C18H25N5/c1-15-13-17(22(2)21-15)14-19-18(23-11-7-4-8-12-23)20-16-9-5-3-6-10-16/h3,5-6,9-10,13H,4,7-8,11-12,14H2,1-2H3,(H,19,20). The number of para-hydroxylation sites is 1. The second kappa shape index (κ2) is 7.31. The molecule has 1 aliphatic heterocycles. The summed E-state index contributed by atoms with van der Waals surface area (Å²) in [5.41, 5.74) is 3.25. The van der Waals surface area contributed by atoms with Crippen LogP contribution in [0.5, 0.6) is 0 Å². The number of benzene rings is 1. The molecule has 1 N–H and O–H groups in total. The first-order valence-corrected chi connectivity index (χ1v) is 8.33. The number of likely N-dealkylation sites (tertiary alicyclic amines) is 1. The van der Waals surface area contributed by atoms with Gasteiger partial charge in [-0.25, -0.2) is 4.99 Å². The summed E-state index contributed by atoms with van der Waals surface area (Å²) in [6.45, 7) is 4.80. The molecule has 0 bridgehead atoms. The third-order valence-electron chi connectivity index (χ3n) is 4.18. The van der Waals surface area contributed by atoms with E-state index < -0.39 is 0 Å². The van der Waals surface area contributed by atoms with E-state index in [1.54, 1.807) is 0 Å². The summed E-state index contributed by atoms with van der Waals surface area (Å²) >= 11 is 0. The maximum Gasteiger partial charge on any atom is 0.198 e. The summed E-state index contributed by atoms with van der Waals surface area (Å²) < 4.78 is 1.91. The predicted molar refractivity (Wildman–Crippen MR) is 94.6 cm³/mol. The van der Waals surface area contributed by atoms with Crippen LogP contribution in [0.2, 0.25) is 0 Å². The molecule has 1 aromatic heterocycles. The zero-order chi connectivity index (χ0) is 16.1. The van der Waals surface area contributed by atoms with Crippen molar-refractivity contribution >= 4 is 11.6 Å². The Morgan fingerprint density at radius 1 is 1.17 bits per heavy atom. The minimum absolute atomic E-state index is 0.642. The number of aryl methyl sites for hydroxylation is 2. The number of aromatic nitrogens is 2. The Kier molecular flexibility index (Phi) is 4.95. The fraction of sp³-hybridized carbons (Fsp3) is 0.444. The van der Waals surface area contributed by atoms with Gasteiger partial charge in [-0.15, -0.1) is 0 Å². The Morgan fingerprint density at radius 2 is 1.91 bits per heavy atom. The third-order valence-corrected chi connectivity index (χ3v) is 4.18. The maximum atomic E-state index is 4.86. The quantitative estimate of drug-likeness (QED) is 0.699. The highest BCUT2D eigenvalue weighted by Gasteiger charge is 2.15. The molecule has 1 aromatic carbocycles. The highest BCUT2D eigenvalue weighted by atomic mass is 15.3. The minimum atomic E-state index is 0.642. The average Bonchev–Trinajstić information content (AvgIpc) is 2.91. The van der Waals surface area contributed by atoms with E-state index in [1.807, 2.05) is 36.9 Å². The molecule has 0 unspecified atom stereocenters. The van der Waals surface area contributed by atoms with E-state index in [2.05, 4.69) is 33.5 Å². The van der Waals surface area contributed by atoms with Crippen LogP contribution in [0.15, 0.2) is 41.4 Å². The molecule has 0 saturated carbocycles. The summed E-state index contributed by atoms with van der Waals surface area (Å²) in [6, 6.07) is 12.4. The average molecular weight is 311 g/mol. The first-order valence-electron chi connectivity index (χ1n) is 8.33. The molecule has 0 atom stereocenters. The lowest BCUT2D eigenvalue weighted by Crippen LogP contribution is -2.40. The molecule has 1 aliphatic rings. The molecule has 122 valence electrons. The smallest absolute Gasteiger partial charge is 0.198 e. The van der Waals surface area contributed by atoms with Gasteiger partial charge in [-0.1, -0.05) is 18.2 Å². The number of anilines is 1. The van der Waals surface area contributed by atoms with Crippen molar-refractivity contribution in [1.29, 1.82) is 0 Å². The van der Waals surface area contributed by atoms with E-state index >= 15 is 0 Å². The molecule has 0 amide bonds. The van der Waals surface area contributed by atoms with Crippen molar-refractivity contribution in [2.24, 2.45) is 12.0 Å². The molecule has 0 radical (unpaired) electrons. The normalized spacial score (nSPS) is 15.7. The van der Waals surface area contributed by atoms with Gasteiger partial charge in [0.05, 0.1) is 17.9 Å². The molecule has 0 spiro atoms. The van der Waals surface area contributed by atoms with Crippen LogP contribution < -0.4 is 5.32 Å². The lowest BCUT2D eigenvalue weighted by molar-refractivity contribution is 0.340. The van der Waals surface area contributed by atoms with Crippen LogP contribution in [0.4, 0.5) is 5.69 Å². The van der Waals surface area contributed by atoms with Crippen LogP contribution in [0.3, 0.4) is 0 Å². The van der Waals surface area contributed by atoms with Crippen molar-refractivity contribution in [3.8, 4) is 0 Å². The van der Waals surface area contributed by atoms with Crippen molar-refractivity contribution in [2.75, 3.05) is 18.4 Å². The van der Waals surface area contributed by atoms with Gasteiger partial charge in [0.2, 0.25) is 0 Å². The molecule has 2 heterocycles. The highest BCUT2D eigenvalue weighted by Crippen LogP contribution is 2.13. The number of hydrogen-bond donors (Lipinski definition) is 1. The zero-order valence-corrected chi connectivity index (χ0v) is 14.0. The van der Waals surface area contributed by atoms with Crippen LogP contribution in [-0.2, 0) is 13.6 Å². The molecular weight excluding hydrogens is 286 g/mol. The number of guanidine groups is 1. The van der Waals surface area contributed by atoms with Gasteiger partial charge < -0.3 is 10.2 Å². The lowest BCUT2D eigenvalue weighted by Gasteiger charge is -2.30. The van der Waals surface area contributed by atoms with Crippen molar-refractivity contribution in [3.63, 3.8) is 0 Å². The van der Waals surface area contributed by atoms with Crippen LogP contribution in [0.25, 0.3) is 0 Å². The summed E-state index contributed by atoms with van der Waals surface area (Å²) in [6.07, 6.45) is 3.79. The van der Waals surface area contributed by atoms with Crippen LogP contribution in [0, 0.1) is 6.92 Å². The third kappa shape index (κ3) is 4.12. The Bertz CT molecular complexity index is 653. The van der Waals surface area contributed by atoms with Crippen LogP contribution >= 0.6 is 0 Å². The number of rotatable bonds is 3. The molecule has 1 fully saturated rings. The molecule has 1 saturated heterocycles. The van der Waals surface area contributed by atoms with Gasteiger partial charge in [0.1, 0.15) is 0 Å². The summed E-state index contributed by atoms with van der Waals surface area (Å²) in [5.74, 6) is 0.967. The van der Waals surface area contributed by atoms with E-state index in [-0.39, 0.29) is 0 Å². The van der Waals surface area contributed by atoms with Gasteiger partial charge in [0.25, 0.3) is 0 Å². The molecule has 23 heavy (non-hydrogen) atoms. The number of nitrogens with zero attached hydrogens (tertiary/aromatic N) is 4. The Labute approximate surface area is 138 Å². The van der Waals surface area contributed by atoms with E-state index in [1.165, 1.54) is 19.3 Å². The SMILES string of the molecule is Cc1cc(CN=C(Nc2ccccc2)N2CCCCC2)n(C)n1. The minimum Gasteiger partial charge on any atom is -0.343 e. The zero-order valence-electron chi connectivity index (χ0n) is 14.0. The number of aliphatic imine (C=N–C) groups is 1. The van der Waals surface area contributed by atoms with Crippen LogP contribution in [-0.4, -0.2) is 33.7 Å². The highest BCUT2D eigenvalue weighted by molar-refractivity contribution is 5.93. The second-order valence-electron chi connectivity index (χ2n) is 6.08. The molecule has 0 aliphatic carbocycles. The Morgan fingerprint density at radius 3 is 2.57 bits per heavy atom. The van der Waals surface area contributed by atoms with Crippen molar-refractivity contribution in [3.05, 3.63) is 47.8 Å². The molecular formula is C18H25N5. The topological polar surface area (TPSA) is 45.5 Å². The number of piperidine rings is 1. The molecule has 5 heteroatoms.